The average molecular weight is 409 g/mol. The number of aliphatic hydroxyl groups is 1. The van der Waals surface area contributed by atoms with Crippen LogP contribution >= 0.6 is 0 Å². The van der Waals surface area contributed by atoms with Crippen molar-refractivity contribution in [2.24, 2.45) is 0 Å². The molecule has 0 spiro atoms. The normalized spacial score (nSPS) is 13.0. The number of benzene rings is 1. The molecule has 0 atom stereocenters. The Kier molecular flexibility index (Phi) is 5.88. The number of nitrogens with one attached hydrogen (secondary N) is 1. The quantitative estimate of drug-likeness (QED) is 0.714. The van der Waals surface area contributed by atoms with Crippen LogP contribution in [0.25, 0.3) is 11.0 Å². The van der Waals surface area contributed by atoms with Gasteiger partial charge in [-0.05, 0) is 32.9 Å². The van der Waals surface area contributed by atoms with Crippen molar-refractivity contribution in [1.82, 2.24) is 9.55 Å². The van der Waals surface area contributed by atoms with Crippen LogP contribution in [0.3, 0.4) is 0 Å². The number of nitrogens with zero attached hydrogens (tertiary/aromatic N) is 2. The van der Waals surface area contributed by atoms with E-state index in [1.165, 1.54) is 10.6 Å². The summed E-state index contributed by atoms with van der Waals surface area (Å²) >= 11 is 0. The number of amides is 1. The summed E-state index contributed by atoms with van der Waals surface area (Å²) in [7, 11) is 0. The van der Waals surface area contributed by atoms with Crippen LogP contribution in [0.1, 0.15) is 27.2 Å². The molecule has 0 radical (unpaired) electrons. The molecule has 0 aliphatic heterocycles. The van der Waals surface area contributed by atoms with Crippen LogP contribution in [0.4, 0.5) is 27.9 Å². The second-order valence-electron chi connectivity index (χ2n) is 7.36. The molecule has 0 saturated heterocycles. The van der Waals surface area contributed by atoms with Crippen LogP contribution in [0.2, 0.25) is 0 Å². The second kappa shape index (κ2) is 7.53. The number of aromatic nitrogens is 2. The molecule has 1 heterocycles. The van der Waals surface area contributed by atoms with Crippen molar-refractivity contribution in [1.29, 1.82) is 0 Å². The highest BCUT2D eigenvalue weighted by Gasteiger charge is 2.33. The van der Waals surface area contributed by atoms with Gasteiger partial charge in [0, 0.05) is 11.6 Å². The van der Waals surface area contributed by atoms with E-state index >= 15 is 0 Å². The van der Waals surface area contributed by atoms with E-state index in [1.807, 2.05) is 0 Å². The SMILES string of the molecule is CC(C)(C)n1c(NC(=O)CC(O)(CF)CF)nc2ccc(OC(F)(F)F)cc21. The molecule has 0 aliphatic rings. The van der Waals surface area contributed by atoms with Crippen molar-refractivity contribution in [3.05, 3.63) is 18.2 Å². The summed E-state index contributed by atoms with van der Waals surface area (Å²) in [4.78, 5) is 16.3. The third-order valence-corrected chi connectivity index (χ3v) is 3.77. The van der Waals surface area contributed by atoms with Gasteiger partial charge in [0.1, 0.15) is 24.7 Å². The third-order valence-electron chi connectivity index (χ3n) is 3.77. The highest BCUT2D eigenvalue weighted by molar-refractivity contribution is 5.92. The fourth-order valence-corrected chi connectivity index (χ4v) is 2.61. The lowest BCUT2D eigenvalue weighted by atomic mass is 10.0. The van der Waals surface area contributed by atoms with E-state index in [4.69, 9.17) is 0 Å². The van der Waals surface area contributed by atoms with Gasteiger partial charge >= 0.3 is 6.36 Å². The Labute approximate surface area is 157 Å². The van der Waals surface area contributed by atoms with Crippen LogP contribution in [0.5, 0.6) is 5.75 Å². The second-order valence-corrected chi connectivity index (χ2v) is 7.36. The molecule has 11 heteroatoms. The molecule has 0 bridgehead atoms. The zero-order chi connectivity index (χ0) is 21.3. The van der Waals surface area contributed by atoms with Gasteiger partial charge in [-0.2, -0.15) is 0 Å². The van der Waals surface area contributed by atoms with Gasteiger partial charge in [0.2, 0.25) is 11.9 Å². The molecule has 1 aromatic heterocycles. The molecule has 0 saturated carbocycles. The molecule has 28 heavy (non-hydrogen) atoms. The Morgan fingerprint density at radius 1 is 1.21 bits per heavy atom. The lowest BCUT2D eigenvalue weighted by Gasteiger charge is -2.25. The first-order chi connectivity index (χ1) is 12.8. The number of hydrogen-bond donors (Lipinski definition) is 2. The molecule has 1 amide bonds. The van der Waals surface area contributed by atoms with Gasteiger partial charge in [-0.25, -0.2) is 13.8 Å². The predicted molar refractivity (Wildman–Crippen MR) is 91.6 cm³/mol. The van der Waals surface area contributed by atoms with Gasteiger partial charge in [-0.15, -0.1) is 13.2 Å². The number of alkyl halides is 5. The molecular formula is C17H20F5N3O3. The Hall–Kier alpha value is -2.43. The van der Waals surface area contributed by atoms with Gasteiger partial charge in [-0.1, -0.05) is 0 Å². The van der Waals surface area contributed by atoms with E-state index in [-0.39, 0.29) is 17.0 Å². The molecule has 0 unspecified atom stereocenters. The van der Waals surface area contributed by atoms with Crippen LogP contribution < -0.4 is 10.1 Å². The number of imidazole rings is 1. The maximum absolute atomic E-state index is 12.8. The van der Waals surface area contributed by atoms with E-state index in [0.717, 1.165) is 12.1 Å². The minimum Gasteiger partial charge on any atom is -0.406 e. The van der Waals surface area contributed by atoms with Crippen molar-refractivity contribution in [2.45, 2.75) is 44.7 Å². The zero-order valence-corrected chi connectivity index (χ0v) is 15.4. The third kappa shape index (κ3) is 5.09. The minimum atomic E-state index is -4.87. The topological polar surface area (TPSA) is 76.4 Å². The molecule has 2 rings (SSSR count). The summed E-state index contributed by atoms with van der Waals surface area (Å²) in [5, 5.41) is 12.0. The largest absolute Gasteiger partial charge is 0.573 e. The van der Waals surface area contributed by atoms with Crippen LogP contribution in [-0.4, -0.2) is 45.9 Å². The summed E-state index contributed by atoms with van der Waals surface area (Å²) in [5.74, 6) is -1.41. The van der Waals surface area contributed by atoms with Crippen molar-refractivity contribution in [3.8, 4) is 5.75 Å². The lowest BCUT2D eigenvalue weighted by molar-refractivity contribution is -0.274. The Morgan fingerprint density at radius 3 is 2.32 bits per heavy atom. The van der Waals surface area contributed by atoms with Crippen molar-refractivity contribution in [2.75, 3.05) is 18.7 Å². The van der Waals surface area contributed by atoms with Gasteiger partial charge in [0.15, 0.2) is 0 Å². The Balaban J connectivity index is 2.44. The number of ether oxygens (including phenoxy) is 1. The summed E-state index contributed by atoms with van der Waals surface area (Å²) in [5.41, 5.74) is -2.66. The molecule has 1 aromatic carbocycles. The number of carbonyl (C=O) groups excluding carboxylic acids is 1. The number of halogens is 5. The summed E-state index contributed by atoms with van der Waals surface area (Å²) in [6, 6.07) is 3.48. The van der Waals surface area contributed by atoms with E-state index in [2.05, 4.69) is 15.0 Å². The molecule has 0 aliphatic carbocycles. The van der Waals surface area contributed by atoms with Gasteiger partial charge in [0.25, 0.3) is 0 Å². The van der Waals surface area contributed by atoms with Gasteiger partial charge < -0.3 is 14.4 Å². The van der Waals surface area contributed by atoms with Gasteiger partial charge in [-0.3, -0.25) is 10.1 Å². The first-order valence-electron chi connectivity index (χ1n) is 8.21. The highest BCUT2D eigenvalue weighted by Crippen LogP contribution is 2.32. The Bertz CT molecular complexity index is 854. The maximum Gasteiger partial charge on any atom is 0.573 e. The monoisotopic (exact) mass is 409 g/mol. The molecule has 156 valence electrons. The van der Waals surface area contributed by atoms with E-state index in [9.17, 15) is 31.9 Å². The number of hydrogen-bond acceptors (Lipinski definition) is 4. The summed E-state index contributed by atoms with van der Waals surface area (Å²) < 4.78 is 68.4. The van der Waals surface area contributed by atoms with Crippen molar-refractivity contribution in [3.63, 3.8) is 0 Å². The molecule has 6 nitrogen and oxygen atoms in total. The highest BCUT2D eigenvalue weighted by atomic mass is 19.4. The number of anilines is 1. The number of rotatable bonds is 6. The number of carbonyl (C=O) groups is 1. The zero-order valence-electron chi connectivity index (χ0n) is 15.4. The molecule has 2 N–H and O–H groups in total. The first-order valence-corrected chi connectivity index (χ1v) is 8.21. The van der Waals surface area contributed by atoms with E-state index in [1.54, 1.807) is 20.8 Å². The Morgan fingerprint density at radius 2 is 1.82 bits per heavy atom. The predicted octanol–water partition coefficient (Wildman–Crippen LogP) is 3.69. The van der Waals surface area contributed by atoms with Crippen LogP contribution in [0, 0.1) is 0 Å². The smallest absolute Gasteiger partial charge is 0.406 e. The fraction of sp³-hybridized carbons (Fsp3) is 0.529. The molecular weight excluding hydrogens is 389 g/mol. The van der Waals surface area contributed by atoms with Crippen molar-refractivity contribution < 1.29 is 36.6 Å². The van der Waals surface area contributed by atoms with E-state index in [0.29, 0.717) is 0 Å². The summed E-state index contributed by atoms with van der Waals surface area (Å²) in [6.07, 6.45) is -5.73. The molecule has 2 aromatic rings. The van der Waals surface area contributed by atoms with Crippen molar-refractivity contribution >= 4 is 22.9 Å². The fourth-order valence-electron chi connectivity index (χ4n) is 2.61. The van der Waals surface area contributed by atoms with Crippen LogP contribution in [-0.2, 0) is 10.3 Å². The maximum atomic E-state index is 12.8. The number of fused-ring (bicyclic) bond motifs is 1. The average Bonchev–Trinajstić information content (AvgIpc) is 2.90. The molecule has 0 fully saturated rings. The minimum absolute atomic E-state index is 0.0447. The standard InChI is InChI=1S/C17H20F5N3O3/c1-15(2,3)25-12-6-10(28-17(20,21)22)4-5-11(12)23-14(25)24-13(26)7-16(27,8-18)9-19/h4-6,27H,7-9H2,1-3H3,(H,23,24,26). The van der Waals surface area contributed by atoms with E-state index < -0.39 is 48.9 Å². The summed E-state index contributed by atoms with van der Waals surface area (Å²) in [6.45, 7) is 2.26. The van der Waals surface area contributed by atoms with Crippen LogP contribution in [0.15, 0.2) is 18.2 Å². The first kappa shape index (κ1) is 21.9. The lowest BCUT2D eigenvalue weighted by Crippen LogP contribution is -2.39. The van der Waals surface area contributed by atoms with Gasteiger partial charge in [0.05, 0.1) is 17.5 Å².